The third-order valence-electron chi connectivity index (χ3n) is 1.33. The number of rotatable bonds is 3. The van der Waals surface area contributed by atoms with Crippen molar-refractivity contribution in [2.45, 2.75) is 18.2 Å². The monoisotopic (exact) mass is 233 g/mol. The van der Waals surface area contributed by atoms with E-state index in [2.05, 4.69) is 21.1 Å². The highest BCUT2D eigenvalue weighted by Crippen LogP contribution is 2.10. The molecule has 5 heteroatoms. The summed E-state index contributed by atoms with van der Waals surface area (Å²) in [5, 5.41) is 12.2. The van der Waals surface area contributed by atoms with E-state index in [0.29, 0.717) is 17.9 Å². The van der Waals surface area contributed by atoms with Crippen LogP contribution in [0.4, 0.5) is 0 Å². The summed E-state index contributed by atoms with van der Waals surface area (Å²) in [6.45, 7) is 1.76. The predicted molar refractivity (Wildman–Crippen MR) is 45.3 cm³/mol. The van der Waals surface area contributed by atoms with Crippen LogP contribution in [0.2, 0.25) is 0 Å². The summed E-state index contributed by atoms with van der Waals surface area (Å²) in [6, 6.07) is 1.72. The Hall–Kier alpha value is -0.840. The molecule has 0 aliphatic rings. The van der Waals surface area contributed by atoms with Gasteiger partial charge in [0.1, 0.15) is 10.6 Å². The number of aryl methyl sites for hydroxylation is 1. The van der Waals surface area contributed by atoms with Gasteiger partial charge in [-0.15, -0.1) is 0 Å². The zero-order valence-electron chi connectivity index (χ0n) is 6.45. The summed E-state index contributed by atoms with van der Waals surface area (Å²) in [6.07, 6.45) is 0.340. The summed E-state index contributed by atoms with van der Waals surface area (Å²) >= 11 is 3.01. The summed E-state index contributed by atoms with van der Waals surface area (Å²) < 4.78 is 4.78. The number of alkyl halides is 1. The van der Waals surface area contributed by atoms with Crippen LogP contribution in [-0.2, 0) is 11.2 Å². The van der Waals surface area contributed by atoms with Gasteiger partial charge >= 0.3 is 5.97 Å². The fourth-order valence-corrected chi connectivity index (χ4v) is 1.12. The van der Waals surface area contributed by atoms with Gasteiger partial charge in [-0.1, -0.05) is 21.1 Å². The normalized spacial score (nSPS) is 12.8. The minimum Gasteiger partial charge on any atom is -0.480 e. The van der Waals surface area contributed by atoms with Crippen molar-refractivity contribution in [3.8, 4) is 0 Å². The number of aliphatic carboxylic acids is 1. The Kier molecular flexibility index (Phi) is 2.86. The number of carboxylic acids is 1. The van der Waals surface area contributed by atoms with E-state index in [-0.39, 0.29) is 0 Å². The molecule has 12 heavy (non-hydrogen) atoms. The van der Waals surface area contributed by atoms with Gasteiger partial charge in [0.2, 0.25) is 0 Å². The van der Waals surface area contributed by atoms with E-state index in [9.17, 15) is 4.79 Å². The number of carbonyl (C=O) groups is 1. The van der Waals surface area contributed by atoms with E-state index in [0.717, 1.165) is 0 Å². The van der Waals surface area contributed by atoms with Gasteiger partial charge < -0.3 is 9.63 Å². The number of carboxylic acid groups (broad SMARTS) is 1. The lowest BCUT2D eigenvalue weighted by atomic mass is 10.2. The molecule has 0 aliphatic heterocycles. The molecule has 1 rings (SSSR count). The Morgan fingerprint density at radius 3 is 3.00 bits per heavy atom. The number of hydrogen-bond donors (Lipinski definition) is 1. The second-order valence-corrected chi connectivity index (χ2v) is 3.54. The van der Waals surface area contributed by atoms with Crippen LogP contribution in [0.5, 0.6) is 0 Å². The van der Waals surface area contributed by atoms with Crippen LogP contribution in [0, 0.1) is 6.92 Å². The molecule has 1 unspecified atom stereocenters. The largest absolute Gasteiger partial charge is 0.480 e. The fraction of sp³-hybridized carbons (Fsp3) is 0.429. The summed E-state index contributed by atoms with van der Waals surface area (Å²) in [5.74, 6) is -0.203. The summed E-state index contributed by atoms with van der Waals surface area (Å²) in [7, 11) is 0. The number of halogens is 1. The molecule has 0 saturated heterocycles. The molecular weight excluding hydrogens is 226 g/mol. The van der Waals surface area contributed by atoms with Gasteiger partial charge in [0.05, 0.1) is 5.69 Å². The highest BCUT2D eigenvalue weighted by Gasteiger charge is 2.15. The summed E-state index contributed by atoms with van der Waals surface area (Å²) in [5.41, 5.74) is 0.650. The van der Waals surface area contributed by atoms with E-state index in [1.54, 1.807) is 13.0 Å². The molecular formula is C7H8BrNO3. The first-order chi connectivity index (χ1) is 5.59. The van der Waals surface area contributed by atoms with Crippen molar-refractivity contribution in [3.63, 3.8) is 0 Å². The molecule has 4 nitrogen and oxygen atoms in total. The lowest BCUT2D eigenvalue weighted by Gasteiger charge is -1.98. The Balaban J connectivity index is 2.58. The quantitative estimate of drug-likeness (QED) is 0.802. The van der Waals surface area contributed by atoms with Crippen molar-refractivity contribution in [2.24, 2.45) is 0 Å². The number of aromatic nitrogens is 1. The van der Waals surface area contributed by atoms with Crippen molar-refractivity contribution in [2.75, 3.05) is 0 Å². The fourth-order valence-electron chi connectivity index (χ4n) is 0.785. The highest BCUT2D eigenvalue weighted by molar-refractivity contribution is 9.10. The van der Waals surface area contributed by atoms with E-state index in [4.69, 9.17) is 9.63 Å². The highest BCUT2D eigenvalue weighted by atomic mass is 79.9. The molecule has 0 saturated carbocycles. The van der Waals surface area contributed by atoms with Crippen molar-refractivity contribution in [1.82, 2.24) is 5.16 Å². The molecule has 1 aromatic rings. The van der Waals surface area contributed by atoms with Gasteiger partial charge in [-0.05, 0) is 6.92 Å². The lowest BCUT2D eigenvalue weighted by molar-refractivity contribution is -0.136. The molecule has 0 amide bonds. The molecule has 0 bridgehead atoms. The number of nitrogens with zero attached hydrogens (tertiary/aromatic N) is 1. The maximum absolute atomic E-state index is 10.4. The Labute approximate surface area is 77.7 Å². The first-order valence-electron chi connectivity index (χ1n) is 3.38. The van der Waals surface area contributed by atoms with Gasteiger partial charge in [-0.3, -0.25) is 4.79 Å². The van der Waals surface area contributed by atoms with E-state index < -0.39 is 10.8 Å². The SMILES string of the molecule is Cc1cc(CC(Br)C(=O)O)no1. The van der Waals surface area contributed by atoms with Gasteiger partial charge in [-0.2, -0.15) is 0 Å². The second kappa shape index (κ2) is 3.71. The minimum atomic E-state index is -0.893. The van der Waals surface area contributed by atoms with E-state index in [1.165, 1.54) is 0 Å². The molecule has 0 radical (unpaired) electrons. The van der Waals surface area contributed by atoms with Gasteiger partial charge in [0.15, 0.2) is 0 Å². The molecule has 1 heterocycles. The maximum atomic E-state index is 10.4. The maximum Gasteiger partial charge on any atom is 0.317 e. The molecule has 0 aliphatic carbocycles. The predicted octanol–water partition coefficient (Wildman–Crippen LogP) is 1.37. The van der Waals surface area contributed by atoms with Crippen LogP contribution >= 0.6 is 15.9 Å². The first-order valence-corrected chi connectivity index (χ1v) is 4.30. The third kappa shape index (κ3) is 2.34. The van der Waals surface area contributed by atoms with Crippen LogP contribution in [0.15, 0.2) is 10.6 Å². The van der Waals surface area contributed by atoms with Crippen molar-refractivity contribution >= 4 is 21.9 Å². The minimum absolute atomic E-state index is 0.340. The van der Waals surface area contributed by atoms with Crippen molar-refractivity contribution in [1.29, 1.82) is 0 Å². The third-order valence-corrected chi connectivity index (χ3v) is 2.05. The van der Waals surface area contributed by atoms with Gasteiger partial charge in [0.25, 0.3) is 0 Å². The zero-order chi connectivity index (χ0) is 9.14. The molecule has 1 atom stereocenters. The Morgan fingerprint density at radius 1 is 1.92 bits per heavy atom. The van der Waals surface area contributed by atoms with E-state index >= 15 is 0 Å². The molecule has 1 N–H and O–H groups in total. The van der Waals surface area contributed by atoms with E-state index in [1.807, 2.05) is 0 Å². The van der Waals surface area contributed by atoms with Crippen LogP contribution in [0.3, 0.4) is 0 Å². The standard InChI is InChI=1S/C7H8BrNO3/c1-4-2-5(9-12-4)3-6(8)7(10)11/h2,6H,3H2,1H3,(H,10,11). The van der Waals surface area contributed by atoms with Crippen molar-refractivity contribution in [3.05, 3.63) is 17.5 Å². The van der Waals surface area contributed by atoms with Crippen molar-refractivity contribution < 1.29 is 14.4 Å². The van der Waals surface area contributed by atoms with Crippen LogP contribution < -0.4 is 0 Å². The van der Waals surface area contributed by atoms with Gasteiger partial charge in [-0.25, -0.2) is 0 Å². The molecule has 1 aromatic heterocycles. The Morgan fingerprint density at radius 2 is 2.58 bits per heavy atom. The molecule has 0 spiro atoms. The van der Waals surface area contributed by atoms with Gasteiger partial charge in [0, 0.05) is 12.5 Å². The number of hydrogen-bond acceptors (Lipinski definition) is 3. The molecule has 0 aromatic carbocycles. The molecule has 66 valence electrons. The molecule has 0 fully saturated rings. The second-order valence-electron chi connectivity index (χ2n) is 2.44. The smallest absolute Gasteiger partial charge is 0.317 e. The zero-order valence-corrected chi connectivity index (χ0v) is 8.04. The first kappa shape index (κ1) is 9.25. The average molecular weight is 234 g/mol. The Bertz CT molecular complexity index is 284. The van der Waals surface area contributed by atoms with Crippen LogP contribution in [0.1, 0.15) is 11.5 Å². The van der Waals surface area contributed by atoms with Crippen LogP contribution in [-0.4, -0.2) is 21.1 Å². The van der Waals surface area contributed by atoms with Crippen LogP contribution in [0.25, 0.3) is 0 Å². The summed E-state index contributed by atoms with van der Waals surface area (Å²) in [4.78, 5) is 9.81. The average Bonchev–Trinajstić information content (AvgIpc) is 2.35. The topological polar surface area (TPSA) is 63.3 Å². The lowest BCUT2D eigenvalue weighted by Crippen LogP contribution is -2.15.